The van der Waals surface area contributed by atoms with Gasteiger partial charge in [-0.25, -0.2) is 0 Å². The van der Waals surface area contributed by atoms with Gasteiger partial charge in [0.2, 0.25) is 0 Å². The first kappa shape index (κ1) is 14.5. The maximum atomic E-state index is 5.84. The van der Waals surface area contributed by atoms with Gasteiger partial charge in [-0.2, -0.15) is 0 Å². The van der Waals surface area contributed by atoms with Crippen LogP contribution >= 0.6 is 0 Å². The lowest BCUT2D eigenvalue weighted by Gasteiger charge is -2.37. The van der Waals surface area contributed by atoms with E-state index in [2.05, 4.69) is 54.8 Å². The third-order valence-electron chi connectivity index (χ3n) is 5.89. The molecule has 2 aliphatic heterocycles. The van der Waals surface area contributed by atoms with Crippen molar-refractivity contribution in [2.45, 2.75) is 44.8 Å². The number of piperidine rings is 1. The van der Waals surface area contributed by atoms with Gasteiger partial charge in [0.05, 0.1) is 12.2 Å². The highest BCUT2D eigenvalue weighted by molar-refractivity contribution is 5.51. The fourth-order valence-corrected chi connectivity index (χ4v) is 4.67. The summed E-state index contributed by atoms with van der Waals surface area (Å²) < 4.78 is 5.84. The molecule has 3 heteroatoms. The Bertz CT molecular complexity index is 533. The van der Waals surface area contributed by atoms with E-state index in [1.807, 2.05) is 0 Å². The van der Waals surface area contributed by atoms with Crippen LogP contribution in [0.25, 0.3) is 0 Å². The van der Waals surface area contributed by atoms with E-state index in [9.17, 15) is 0 Å². The number of hydrogen-bond donors (Lipinski definition) is 0. The minimum Gasteiger partial charge on any atom is -0.372 e. The van der Waals surface area contributed by atoms with E-state index in [0.29, 0.717) is 17.6 Å². The Hall–Kier alpha value is -1.06. The highest BCUT2D eigenvalue weighted by Gasteiger charge is 2.60. The van der Waals surface area contributed by atoms with Crippen LogP contribution in [-0.2, 0) is 10.2 Å². The third kappa shape index (κ3) is 2.35. The summed E-state index contributed by atoms with van der Waals surface area (Å²) in [4.78, 5) is 5.07. The molecule has 3 nitrogen and oxygen atoms in total. The lowest BCUT2D eigenvalue weighted by molar-refractivity contribution is -0.00521. The van der Waals surface area contributed by atoms with Crippen molar-refractivity contribution in [3.8, 4) is 0 Å². The van der Waals surface area contributed by atoms with Crippen LogP contribution in [0.15, 0.2) is 24.3 Å². The van der Waals surface area contributed by atoms with Gasteiger partial charge in [-0.05, 0) is 50.4 Å². The second kappa shape index (κ2) is 5.24. The normalized spacial score (nSPS) is 38.1. The molecule has 4 rings (SSSR count). The number of hydrogen-bond acceptors (Lipinski definition) is 3. The molecule has 0 radical (unpaired) electrons. The number of benzene rings is 1. The monoisotopic (exact) mass is 300 g/mol. The first-order valence-corrected chi connectivity index (χ1v) is 8.84. The summed E-state index contributed by atoms with van der Waals surface area (Å²) in [5.41, 5.74) is 3.40. The zero-order chi connectivity index (χ0) is 15.3. The number of anilines is 1. The van der Waals surface area contributed by atoms with E-state index in [1.54, 1.807) is 5.56 Å². The molecule has 0 bridgehead atoms. The Morgan fingerprint density at radius 3 is 2.36 bits per heavy atom. The van der Waals surface area contributed by atoms with Gasteiger partial charge in [0, 0.05) is 37.3 Å². The van der Waals surface area contributed by atoms with E-state index >= 15 is 0 Å². The molecule has 3 aliphatic rings. The highest BCUT2D eigenvalue weighted by Crippen LogP contribution is 2.58. The Labute approximate surface area is 134 Å². The number of ether oxygens (including phenoxy) is 1. The summed E-state index contributed by atoms with van der Waals surface area (Å²) in [5, 5.41) is 0. The first-order valence-electron chi connectivity index (χ1n) is 8.84. The number of rotatable bonds is 3. The fraction of sp³-hybridized carbons (Fsp3) is 0.684. The van der Waals surface area contributed by atoms with Crippen molar-refractivity contribution in [3.63, 3.8) is 0 Å². The molecule has 3 fully saturated rings. The van der Waals surface area contributed by atoms with E-state index in [4.69, 9.17) is 4.74 Å². The van der Waals surface area contributed by atoms with Gasteiger partial charge >= 0.3 is 0 Å². The lowest BCUT2D eigenvalue weighted by Crippen LogP contribution is -2.45. The Morgan fingerprint density at radius 1 is 1.09 bits per heavy atom. The zero-order valence-electron chi connectivity index (χ0n) is 14.1. The highest BCUT2D eigenvalue weighted by atomic mass is 16.5. The largest absolute Gasteiger partial charge is 0.372 e. The molecule has 0 amide bonds. The molecule has 0 spiro atoms. The minimum absolute atomic E-state index is 0.322. The van der Waals surface area contributed by atoms with Gasteiger partial charge in [-0.3, -0.25) is 0 Å². The molecule has 0 aromatic heterocycles. The van der Waals surface area contributed by atoms with Crippen molar-refractivity contribution < 1.29 is 4.74 Å². The van der Waals surface area contributed by atoms with Gasteiger partial charge in [-0.1, -0.05) is 19.1 Å². The Morgan fingerprint density at radius 2 is 1.77 bits per heavy atom. The molecular weight excluding hydrogens is 272 g/mol. The second-order valence-corrected chi connectivity index (χ2v) is 7.59. The van der Waals surface area contributed by atoms with Gasteiger partial charge in [0.25, 0.3) is 0 Å². The number of morpholine rings is 1. The average molecular weight is 300 g/mol. The van der Waals surface area contributed by atoms with E-state index in [1.165, 1.54) is 31.7 Å². The van der Waals surface area contributed by atoms with Crippen LogP contribution in [0.3, 0.4) is 0 Å². The van der Waals surface area contributed by atoms with Gasteiger partial charge in [-0.15, -0.1) is 0 Å². The second-order valence-electron chi connectivity index (χ2n) is 7.59. The number of likely N-dealkylation sites (tertiary alicyclic amines) is 1. The van der Waals surface area contributed by atoms with Gasteiger partial charge in [0.15, 0.2) is 0 Å². The van der Waals surface area contributed by atoms with Crippen LogP contribution < -0.4 is 4.90 Å². The standard InChI is InChI=1S/C19H28N2O/c1-4-20-12-17-9-19(17,13-20)16-5-7-18(8-6-16)21-10-14(2)22-15(3)11-21/h5-8,14-15,17H,4,9-13H2,1-3H3. The molecule has 1 saturated carbocycles. The summed E-state index contributed by atoms with van der Waals surface area (Å²) in [6.07, 6.45) is 2.04. The molecular formula is C19H28N2O. The number of fused-ring (bicyclic) bond motifs is 1. The van der Waals surface area contributed by atoms with Crippen molar-refractivity contribution in [1.29, 1.82) is 0 Å². The number of nitrogens with zero attached hydrogens (tertiary/aromatic N) is 2. The van der Waals surface area contributed by atoms with E-state index in [0.717, 1.165) is 19.0 Å². The summed E-state index contributed by atoms with van der Waals surface area (Å²) in [7, 11) is 0. The maximum absolute atomic E-state index is 5.84. The fourth-order valence-electron chi connectivity index (χ4n) is 4.67. The van der Waals surface area contributed by atoms with Crippen LogP contribution in [0.1, 0.15) is 32.8 Å². The maximum Gasteiger partial charge on any atom is 0.0726 e. The van der Waals surface area contributed by atoms with Crippen LogP contribution in [-0.4, -0.2) is 49.8 Å². The molecule has 1 aliphatic carbocycles. The third-order valence-corrected chi connectivity index (χ3v) is 5.89. The van der Waals surface area contributed by atoms with Crippen molar-refractivity contribution in [2.75, 3.05) is 37.6 Å². The summed E-state index contributed by atoms with van der Waals surface area (Å²) >= 11 is 0. The van der Waals surface area contributed by atoms with Crippen molar-refractivity contribution in [3.05, 3.63) is 29.8 Å². The predicted octanol–water partition coefficient (Wildman–Crippen LogP) is 2.89. The molecule has 2 saturated heterocycles. The molecule has 120 valence electrons. The average Bonchev–Trinajstić information content (AvgIpc) is 3.08. The molecule has 1 aromatic carbocycles. The van der Waals surface area contributed by atoms with Gasteiger partial charge < -0.3 is 14.5 Å². The predicted molar refractivity (Wildman–Crippen MR) is 90.6 cm³/mol. The quantitative estimate of drug-likeness (QED) is 0.853. The number of likely N-dealkylation sites (N-methyl/N-ethyl adjacent to an activating group) is 1. The lowest BCUT2D eigenvalue weighted by atomic mass is 9.94. The molecule has 4 unspecified atom stereocenters. The van der Waals surface area contributed by atoms with Crippen molar-refractivity contribution in [2.24, 2.45) is 5.92 Å². The Kier molecular flexibility index (Phi) is 3.46. The van der Waals surface area contributed by atoms with E-state index in [-0.39, 0.29) is 0 Å². The topological polar surface area (TPSA) is 15.7 Å². The van der Waals surface area contributed by atoms with Crippen molar-refractivity contribution in [1.82, 2.24) is 4.90 Å². The molecule has 1 aromatic rings. The minimum atomic E-state index is 0.322. The molecule has 4 atom stereocenters. The van der Waals surface area contributed by atoms with Crippen LogP contribution in [0.5, 0.6) is 0 Å². The van der Waals surface area contributed by atoms with Crippen molar-refractivity contribution >= 4 is 5.69 Å². The first-order chi connectivity index (χ1) is 10.6. The van der Waals surface area contributed by atoms with Crippen LogP contribution in [0.4, 0.5) is 5.69 Å². The summed E-state index contributed by atoms with van der Waals surface area (Å²) in [6, 6.07) is 9.44. The molecule has 0 N–H and O–H groups in total. The van der Waals surface area contributed by atoms with Crippen LogP contribution in [0.2, 0.25) is 0 Å². The molecule has 22 heavy (non-hydrogen) atoms. The van der Waals surface area contributed by atoms with Crippen LogP contribution in [0, 0.1) is 5.92 Å². The van der Waals surface area contributed by atoms with E-state index < -0.39 is 0 Å². The summed E-state index contributed by atoms with van der Waals surface area (Å²) in [5.74, 6) is 0.904. The SMILES string of the molecule is CCN1CC2CC2(c2ccc(N3CC(C)OC(C)C3)cc2)C1. The smallest absolute Gasteiger partial charge is 0.0726 e. The Balaban J connectivity index is 1.50. The summed E-state index contributed by atoms with van der Waals surface area (Å²) in [6.45, 7) is 12.4. The molecule has 2 heterocycles. The van der Waals surface area contributed by atoms with Gasteiger partial charge in [0.1, 0.15) is 0 Å². The zero-order valence-corrected chi connectivity index (χ0v) is 14.1.